The average Bonchev–Trinajstić information content (AvgIpc) is 3.20. The lowest BCUT2D eigenvalue weighted by molar-refractivity contribution is -0.131. The fourth-order valence-corrected chi connectivity index (χ4v) is 7.08. The number of rotatable bonds is 5. The first-order valence-corrected chi connectivity index (χ1v) is 13.1. The molecular formula is C30H28Cl2N2O2. The average molecular weight is 519 g/mol. The van der Waals surface area contributed by atoms with Gasteiger partial charge in [-0.1, -0.05) is 66.5 Å². The summed E-state index contributed by atoms with van der Waals surface area (Å²) < 4.78 is 0. The van der Waals surface area contributed by atoms with Gasteiger partial charge in [0.25, 0.3) is 0 Å². The maximum atomic E-state index is 13.2. The van der Waals surface area contributed by atoms with Gasteiger partial charge in [-0.25, -0.2) is 0 Å². The Balaban J connectivity index is 1.60. The summed E-state index contributed by atoms with van der Waals surface area (Å²) in [6.07, 6.45) is 2.28. The minimum atomic E-state index is -0.516. The Morgan fingerprint density at radius 1 is 1.08 bits per heavy atom. The summed E-state index contributed by atoms with van der Waals surface area (Å²) in [6.45, 7) is 1.97. The van der Waals surface area contributed by atoms with Crippen LogP contribution in [0.15, 0.2) is 66.7 Å². The number of nitrogens with one attached hydrogen (secondary N) is 1. The summed E-state index contributed by atoms with van der Waals surface area (Å²) in [4.78, 5) is 13.2. The lowest BCUT2D eigenvalue weighted by Crippen LogP contribution is -2.45. The highest BCUT2D eigenvalue weighted by Gasteiger charge is 2.60. The zero-order valence-corrected chi connectivity index (χ0v) is 21.6. The fourth-order valence-electron chi connectivity index (χ4n) is 6.64. The molecule has 3 aromatic carbocycles. The van der Waals surface area contributed by atoms with Crippen LogP contribution in [-0.4, -0.2) is 23.7 Å². The second-order valence-corrected chi connectivity index (χ2v) is 10.8. The third-order valence-electron chi connectivity index (χ3n) is 8.37. The number of aliphatic hydroxyl groups is 1. The van der Waals surface area contributed by atoms with Crippen LogP contribution in [0.25, 0.3) is 11.1 Å². The summed E-state index contributed by atoms with van der Waals surface area (Å²) >= 11 is 13.2. The molecule has 1 heterocycles. The van der Waals surface area contributed by atoms with E-state index >= 15 is 0 Å². The zero-order valence-electron chi connectivity index (χ0n) is 20.0. The van der Waals surface area contributed by atoms with Gasteiger partial charge in [0.05, 0.1) is 29.7 Å². The molecule has 4 nitrogen and oxygen atoms in total. The molecule has 1 amide bonds. The highest BCUT2D eigenvalue weighted by Crippen LogP contribution is 2.60. The molecule has 6 heteroatoms. The van der Waals surface area contributed by atoms with Crippen molar-refractivity contribution < 1.29 is 9.90 Å². The minimum absolute atomic E-state index is 0.0164. The quantitative estimate of drug-likeness (QED) is 0.394. The Morgan fingerprint density at radius 2 is 1.83 bits per heavy atom. The van der Waals surface area contributed by atoms with E-state index in [1.165, 1.54) is 0 Å². The van der Waals surface area contributed by atoms with E-state index in [2.05, 4.69) is 30.4 Å². The molecule has 3 aromatic rings. The highest BCUT2D eigenvalue weighted by molar-refractivity contribution is 6.31. The SMILES string of the molecule is CC[C@@]12CC[C@@H](c3ccc(-c4cccc(C#N)c4)cc3Cl)[C@H](c3ccc(Cl)cc3)[C@@H]1[C@@H](CO)NC2=O. The van der Waals surface area contributed by atoms with Crippen molar-refractivity contribution in [2.45, 2.75) is 44.1 Å². The Bertz CT molecular complexity index is 1330. The van der Waals surface area contributed by atoms with Crippen LogP contribution >= 0.6 is 23.2 Å². The van der Waals surface area contributed by atoms with Crippen molar-refractivity contribution in [2.75, 3.05) is 6.61 Å². The number of carbonyl (C=O) groups excluding carboxylic acids is 1. The fraction of sp³-hybridized carbons (Fsp3) is 0.333. The van der Waals surface area contributed by atoms with Crippen LogP contribution in [0.2, 0.25) is 10.0 Å². The molecule has 0 unspecified atom stereocenters. The number of fused-ring (bicyclic) bond motifs is 1. The van der Waals surface area contributed by atoms with Gasteiger partial charge in [-0.3, -0.25) is 4.79 Å². The van der Waals surface area contributed by atoms with Crippen LogP contribution in [0, 0.1) is 22.7 Å². The van der Waals surface area contributed by atoms with Gasteiger partial charge in [0, 0.05) is 16.0 Å². The molecule has 1 aliphatic carbocycles. The second-order valence-electron chi connectivity index (χ2n) is 9.95. The molecule has 1 aliphatic heterocycles. The monoisotopic (exact) mass is 518 g/mol. The third-order valence-corrected chi connectivity index (χ3v) is 8.95. The van der Waals surface area contributed by atoms with Crippen molar-refractivity contribution >= 4 is 29.1 Å². The molecule has 5 atom stereocenters. The molecule has 184 valence electrons. The Hall–Kier alpha value is -2.84. The molecule has 2 aliphatic rings. The summed E-state index contributed by atoms with van der Waals surface area (Å²) in [5.41, 5.74) is 4.12. The van der Waals surface area contributed by atoms with Crippen molar-refractivity contribution in [3.63, 3.8) is 0 Å². The first kappa shape index (κ1) is 24.8. The third kappa shape index (κ3) is 4.10. The van der Waals surface area contributed by atoms with Crippen LogP contribution in [0.4, 0.5) is 0 Å². The van der Waals surface area contributed by atoms with E-state index < -0.39 is 5.41 Å². The number of nitriles is 1. The number of aliphatic hydroxyl groups excluding tert-OH is 1. The smallest absolute Gasteiger partial charge is 0.226 e. The summed E-state index contributed by atoms with van der Waals surface area (Å²) in [5.74, 6) is 0.0372. The summed E-state index contributed by atoms with van der Waals surface area (Å²) in [5, 5.41) is 24.0. The molecule has 2 fully saturated rings. The van der Waals surface area contributed by atoms with Gasteiger partial charge in [0.15, 0.2) is 0 Å². The van der Waals surface area contributed by atoms with Crippen molar-refractivity contribution in [1.82, 2.24) is 5.32 Å². The molecule has 0 aromatic heterocycles. The van der Waals surface area contributed by atoms with Gasteiger partial charge in [0.1, 0.15) is 0 Å². The molecule has 5 rings (SSSR count). The number of halogens is 2. The number of carbonyl (C=O) groups is 1. The van der Waals surface area contributed by atoms with E-state index in [-0.39, 0.29) is 36.3 Å². The zero-order chi connectivity index (χ0) is 25.4. The van der Waals surface area contributed by atoms with Crippen LogP contribution < -0.4 is 5.32 Å². The van der Waals surface area contributed by atoms with Crippen molar-refractivity contribution in [3.05, 3.63) is 93.5 Å². The summed E-state index contributed by atoms with van der Waals surface area (Å²) in [6, 6.07) is 23.3. The maximum Gasteiger partial charge on any atom is 0.226 e. The molecule has 1 saturated carbocycles. The van der Waals surface area contributed by atoms with E-state index in [0.717, 1.165) is 41.5 Å². The molecule has 2 N–H and O–H groups in total. The van der Waals surface area contributed by atoms with Gasteiger partial charge >= 0.3 is 0 Å². The topological polar surface area (TPSA) is 73.1 Å². The number of nitrogens with zero attached hydrogens (tertiary/aromatic N) is 1. The van der Waals surface area contributed by atoms with Crippen molar-refractivity contribution in [2.24, 2.45) is 11.3 Å². The molecule has 36 heavy (non-hydrogen) atoms. The first-order chi connectivity index (χ1) is 17.4. The van der Waals surface area contributed by atoms with Gasteiger partial charge in [-0.05, 0) is 83.7 Å². The molecule has 1 saturated heterocycles. The number of benzene rings is 3. The normalized spacial score (nSPS) is 27.2. The van der Waals surface area contributed by atoms with E-state index in [4.69, 9.17) is 23.2 Å². The lowest BCUT2D eigenvalue weighted by atomic mass is 9.54. The summed E-state index contributed by atoms with van der Waals surface area (Å²) in [7, 11) is 0. The van der Waals surface area contributed by atoms with Gasteiger partial charge in [-0.2, -0.15) is 5.26 Å². The van der Waals surface area contributed by atoms with Gasteiger partial charge in [0.2, 0.25) is 5.91 Å². The van der Waals surface area contributed by atoms with E-state index in [1.807, 2.05) is 48.5 Å². The molecule has 0 bridgehead atoms. The first-order valence-electron chi connectivity index (χ1n) is 12.4. The molecule has 0 spiro atoms. The van der Waals surface area contributed by atoms with Crippen LogP contribution in [-0.2, 0) is 4.79 Å². The predicted molar refractivity (Wildman–Crippen MR) is 143 cm³/mol. The maximum absolute atomic E-state index is 13.2. The lowest BCUT2D eigenvalue weighted by Gasteiger charge is -2.48. The van der Waals surface area contributed by atoms with Crippen LogP contribution in [0.5, 0.6) is 0 Å². The minimum Gasteiger partial charge on any atom is -0.394 e. The standard InChI is InChI=1S/C30H28Cl2N2O2/c1-2-30-13-12-24(23-11-8-21(15-25(23)32)20-5-3-4-18(14-20)16-33)27(19-6-9-22(31)10-7-19)28(30)26(17-35)34-29(30)36/h3-11,14-15,24,26-28,35H,2,12-13,17H2,1H3,(H,34,36)/t24-,26+,27-,28-,30+/m0/s1. The van der Waals surface area contributed by atoms with E-state index in [0.29, 0.717) is 15.6 Å². The largest absolute Gasteiger partial charge is 0.394 e. The molecule has 0 radical (unpaired) electrons. The van der Waals surface area contributed by atoms with Crippen LogP contribution in [0.1, 0.15) is 54.7 Å². The second kappa shape index (κ2) is 9.90. The Morgan fingerprint density at radius 3 is 2.50 bits per heavy atom. The van der Waals surface area contributed by atoms with E-state index in [1.54, 1.807) is 6.07 Å². The Kier molecular flexibility index (Phi) is 6.83. The Labute approximate surface area is 221 Å². The van der Waals surface area contributed by atoms with Crippen molar-refractivity contribution in [3.8, 4) is 17.2 Å². The van der Waals surface area contributed by atoms with Crippen LogP contribution in [0.3, 0.4) is 0 Å². The molecular weight excluding hydrogens is 491 g/mol. The number of amides is 1. The highest BCUT2D eigenvalue weighted by atomic mass is 35.5. The number of hydrogen-bond donors (Lipinski definition) is 2. The van der Waals surface area contributed by atoms with Gasteiger partial charge in [-0.15, -0.1) is 0 Å². The van der Waals surface area contributed by atoms with Gasteiger partial charge < -0.3 is 10.4 Å². The van der Waals surface area contributed by atoms with E-state index in [9.17, 15) is 15.2 Å². The van der Waals surface area contributed by atoms with Crippen molar-refractivity contribution in [1.29, 1.82) is 5.26 Å². The predicted octanol–water partition coefficient (Wildman–Crippen LogP) is 6.70. The number of hydrogen-bond acceptors (Lipinski definition) is 3.